The molecule has 1 N–H and O–H groups in total. The zero-order valence-electron chi connectivity index (χ0n) is 12.6. The van der Waals surface area contributed by atoms with Gasteiger partial charge >= 0.3 is 0 Å². The molecule has 25 heavy (non-hydrogen) atoms. The van der Waals surface area contributed by atoms with Gasteiger partial charge in [-0.15, -0.1) is 0 Å². The Balaban J connectivity index is 1.96. The van der Waals surface area contributed by atoms with Gasteiger partial charge in [-0.1, -0.05) is 6.07 Å². The number of aromatic nitrogens is 1. The van der Waals surface area contributed by atoms with Crippen molar-refractivity contribution < 1.29 is 14.5 Å². The van der Waals surface area contributed by atoms with Crippen molar-refractivity contribution in [2.45, 2.75) is 0 Å². The molecule has 8 nitrogen and oxygen atoms in total. The van der Waals surface area contributed by atoms with Crippen molar-refractivity contribution in [1.29, 1.82) is 0 Å². The summed E-state index contributed by atoms with van der Waals surface area (Å²) in [6.45, 7) is 0. The van der Waals surface area contributed by atoms with E-state index in [9.17, 15) is 19.7 Å². The van der Waals surface area contributed by atoms with Gasteiger partial charge in [0, 0.05) is 30.1 Å². The van der Waals surface area contributed by atoms with Crippen LogP contribution >= 0.6 is 12.2 Å². The SMILES string of the molecule is O=C1NC(=S)N(C(=O)c2ccc([N+](=O)[O-])cc2)C1=Cc1cccnc1. The largest absolute Gasteiger partial charge is 0.297 e. The van der Waals surface area contributed by atoms with E-state index in [2.05, 4.69) is 10.3 Å². The van der Waals surface area contributed by atoms with Gasteiger partial charge in [0.25, 0.3) is 17.5 Å². The van der Waals surface area contributed by atoms with Gasteiger partial charge < -0.3 is 0 Å². The van der Waals surface area contributed by atoms with Gasteiger partial charge in [0.1, 0.15) is 5.70 Å². The number of nitro benzene ring substituents is 1. The van der Waals surface area contributed by atoms with E-state index in [1.807, 2.05) is 0 Å². The highest BCUT2D eigenvalue weighted by Gasteiger charge is 2.35. The Bertz CT molecular complexity index is 909. The lowest BCUT2D eigenvalue weighted by Gasteiger charge is -2.15. The average molecular weight is 354 g/mol. The summed E-state index contributed by atoms with van der Waals surface area (Å²) in [6.07, 6.45) is 4.61. The van der Waals surface area contributed by atoms with Crippen LogP contribution in [0.2, 0.25) is 0 Å². The smallest absolute Gasteiger partial charge is 0.274 e. The number of carbonyl (C=O) groups is 2. The van der Waals surface area contributed by atoms with E-state index < -0.39 is 16.7 Å². The van der Waals surface area contributed by atoms with E-state index in [1.54, 1.807) is 18.3 Å². The van der Waals surface area contributed by atoms with Crippen molar-refractivity contribution in [3.05, 3.63) is 75.7 Å². The van der Waals surface area contributed by atoms with Gasteiger partial charge in [-0.25, -0.2) is 4.90 Å². The molecule has 1 aromatic heterocycles. The second kappa shape index (κ2) is 6.57. The topological polar surface area (TPSA) is 105 Å². The van der Waals surface area contributed by atoms with E-state index in [-0.39, 0.29) is 22.1 Å². The molecule has 0 spiro atoms. The number of carbonyl (C=O) groups excluding carboxylic acids is 2. The molecule has 1 fully saturated rings. The molecule has 0 unspecified atom stereocenters. The minimum Gasteiger partial charge on any atom is -0.297 e. The van der Waals surface area contributed by atoms with Crippen molar-refractivity contribution in [3.8, 4) is 0 Å². The lowest BCUT2D eigenvalue weighted by atomic mass is 10.1. The van der Waals surface area contributed by atoms with E-state index in [0.717, 1.165) is 4.90 Å². The fourth-order valence-electron chi connectivity index (χ4n) is 2.23. The number of non-ortho nitro benzene ring substituents is 1. The summed E-state index contributed by atoms with van der Waals surface area (Å²) >= 11 is 5.06. The first-order valence-corrected chi connectivity index (χ1v) is 7.44. The second-order valence-corrected chi connectivity index (χ2v) is 5.41. The van der Waals surface area contributed by atoms with Crippen LogP contribution in [0.5, 0.6) is 0 Å². The highest BCUT2D eigenvalue weighted by atomic mass is 32.1. The predicted octanol–water partition coefficient (Wildman–Crippen LogP) is 1.89. The predicted molar refractivity (Wildman–Crippen MR) is 92.2 cm³/mol. The average Bonchev–Trinajstić information content (AvgIpc) is 2.89. The van der Waals surface area contributed by atoms with Crippen LogP contribution < -0.4 is 5.32 Å². The van der Waals surface area contributed by atoms with Gasteiger partial charge in [0.2, 0.25) is 0 Å². The van der Waals surface area contributed by atoms with Gasteiger partial charge in [-0.2, -0.15) is 0 Å². The minimum absolute atomic E-state index is 0.0523. The molecule has 2 aromatic rings. The molecule has 9 heteroatoms. The molecule has 3 rings (SSSR count). The number of nitro groups is 1. The number of nitrogens with zero attached hydrogens (tertiary/aromatic N) is 3. The molecule has 2 heterocycles. The van der Waals surface area contributed by atoms with Gasteiger partial charge in [-0.05, 0) is 42.1 Å². The van der Waals surface area contributed by atoms with Crippen molar-refractivity contribution in [2.75, 3.05) is 0 Å². The van der Waals surface area contributed by atoms with Crippen LogP contribution in [0.1, 0.15) is 15.9 Å². The normalized spacial score (nSPS) is 15.4. The Kier molecular flexibility index (Phi) is 4.31. The Labute approximate surface area is 146 Å². The number of hydrogen-bond donors (Lipinski definition) is 1. The quantitative estimate of drug-likeness (QED) is 0.390. The number of thiocarbonyl (C=S) groups is 1. The van der Waals surface area contributed by atoms with Crippen molar-refractivity contribution >= 4 is 40.9 Å². The maximum absolute atomic E-state index is 12.7. The minimum atomic E-state index is -0.562. The van der Waals surface area contributed by atoms with E-state index in [0.29, 0.717) is 5.56 Å². The molecule has 0 aliphatic carbocycles. The summed E-state index contributed by atoms with van der Waals surface area (Å²) in [7, 11) is 0. The molecule has 1 aliphatic heterocycles. The highest BCUT2D eigenvalue weighted by Crippen LogP contribution is 2.21. The zero-order valence-corrected chi connectivity index (χ0v) is 13.4. The molecule has 0 radical (unpaired) electrons. The van der Waals surface area contributed by atoms with Crippen molar-refractivity contribution in [3.63, 3.8) is 0 Å². The molecule has 124 valence electrons. The fourth-order valence-corrected chi connectivity index (χ4v) is 2.51. The molecular weight excluding hydrogens is 344 g/mol. The van der Waals surface area contributed by atoms with Crippen molar-refractivity contribution in [1.82, 2.24) is 15.2 Å². The van der Waals surface area contributed by atoms with E-state index in [4.69, 9.17) is 12.2 Å². The molecular formula is C16H10N4O4S. The third-order valence-corrected chi connectivity index (χ3v) is 3.70. The van der Waals surface area contributed by atoms with Crippen molar-refractivity contribution in [2.24, 2.45) is 0 Å². The lowest BCUT2D eigenvalue weighted by molar-refractivity contribution is -0.384. The maximum atomic E-state index is 12.7. The summed E-state index contributed by atoms with van der Waals surface area (Å²) in [6, 6.07) is 8.47. The summed E-state index contributed by atoms with van der Waals surface area (Å²) in [5, 5.41) is 13.1. The Morgan fingerprint density at radius 1 is 1.28 bits per heavy atom. The lowest BCUT2D eigenvalue weighted by Crippen LogP contribution is -2.33. The number of nitrogens with one attached hydrogen (secondary N) is 1. The summed E-state index contributed by atoms with van der Waals surface area (Å²) in [5.74, 6) is -1.07. The summed E-state index contributed by atoms with van der Waals surface area (Å²) in [5.41, 5.74) is 0.711. The molecule has 0 atom stereocenters. The van der Waals surface area contributed by atoms with Gasteiger partial charge in [-0.3, -0.25) is 30.0 Å². The van der Waals surface area contributed by atoms with Crippen LogP contribution in [0.4, 0.5) is 5.69 Å². The van der Waals surface area contributed by atoms with Crippen LogP contribution in [-0.2, 0) is 4.79 Å². The fraction of sp³-hybridized carbons (Fsp3) is 0. The number of pyridine rings is 1. The van der Waals surface area contributed by atoms with Crippen LogP contribution in [0.15, 0.2) is 54.5 Å². The van der Waals surface area contributed by atoms with Gasteiger partial charge in [0.15, 0.2) is 5.11 Å². The maximum Gasteiger partial charge on any atom is 0.274 e. The summed E-state index contributed by atoms with van der Waals surface area (Å²) < 4.78 is 0. The third-order valence-electron chi connectivity index (χ3n) is 3.41. The zero-order chi connectivity index (χ0) is 18.0. The number of benzene rings is 1. The molecule has 1 saturated heterocycles. The molecule has 0 bridgehead atoms. The first-order chi connectivity index (χ1) is 12.0. The standard InChI is InChI=1S/C16H10N4O4S/c21-14-13(8-10-2-1-7-17-9-10)19(16(25)18-14)15(22)11-3-5-12(6-4-11)20(23)24/h1-9H,(H,18,21,25). The first-order valence-electron chi connectivity index (χ1n) is 7.03. The highest BCUT2D eigenvalue weighted by molar-refractivity contribution is 7.80. The monoisotopic (exact) mass is 354 g/mol. The Morgan fingerprint density at radius 3 is 2.60 bits per heavy atom. The molecule has 1 aliphatic rings. The van der Waals surface area contributed by atoms with E-state index in [1.165, 1.54) is 36.5 Å². The number of hydrogen-bond acceptors (Lipinski definition) is 6. The number of rotatable bonds is 3. The van der Waals surface area contributed by atoms with Crippen LogP contribution in [0.3, 0.4) is 0 Å². The third kappa shape index (κ3) is 3.26. The molecule has 2 amide bonds. The summed E-state index contributed by atoms with van der Waals surface area (Å²) in [4.78, 5) is 40.0. The van der Waals surface area contributed by atoms with Gasteiger partial charge in [0.05, 0.1) is 4.92 Å². The Morgan fingerprint density at radius 2 is 2.00 bits per heavy atom. The second-order valence-electron chi connectivity index (χ2n) is 5.02. The van der Waals surface area contributed by atoms with Crippen LogP contribution in [-0.4, -0.2) is 31.7 Å². The van der Waals surface area contributed by atoms with E-state index >= 15 is 0 Å². The van der Waals surface area contributed by atoms with Crippen LogP contribution in [0, 0.1) is 10.1 Å². The van der Waals surface area contributed by atoms with Crippen LogP contribution in [0.25, 0.3) is 6.08 Å². The first kappa shape index (κ1) is 16.4. The molecule has 1 aromatic carbocycles. The molecule has 0 saturated carbocycles. The number of amides is 2. The Hall–Kier alpha value is -3.46.